The predicted molar refractivity (Wildman–Crippen MR) is 146 cm³/mol. The summed E-state index contributed by atoms with van der Waals surface area (Å²) in [5.74, 6) is 1.10. The fourth-order valence-electron chi connectivity index (χ4n) is 5.61. The monoisotopic (exact) mass is 530 g/mol. The first-order valence-corrected chi connectivity index (χ1v) is 13.2. The maximum Gasteiger partial charge on any atom is 0.248 e. The third-order valence-corrected chi connectivity index (χ3v) is 7.72. The number of aryl methyl sites for hydroxylation is 2. The first kappa shape index (κ1) is 25.2. The van der Waals surface area contributed by atoms with Crippen molar-refractivity contribution in [3.05, 3.63) is 53.9 Å². The number of benzene rings is 1. The quantitative estimate of drug-likeness (QED) is 0.404. The molecule has 0 spiro atoms. The van der Waals surface area contributed by atoms with E-state index in [2.05, 4.69) is 43.6 Å². The smallest absolute Gasteiger partial charge is 0.248 e. The average Bonchev–Trinajstić information content (AvgIpc) is 3.47. The highest BCUT2D eigenvalue weighted by Crippen LogP contribution is 2.38. The number of pyridine rings is 1. The Kier molecular flexibility index (Phi) is 6.17. The highest BCUT2D eigenvalue weighted by atomic mass is 19.1. The van der Waals surface area contributed by atoms with E-state index in [1.54, 1.807) is 11.1 Å². The SMILES string of the molecule is Cc1cc(-c2nc(Nc3ccc(N4CCN(C(=O)CO)CC4)cn3)ncc2F)cc2c1nc1n2C(C)(C)CC1. The first-order chi connectivity index (χ1) is 18.7. The third-order valence-electron chi connectivity index (χ3n) is 7.72. The molecule has 2 N–H and O–H groups in total. The van der Waals surface area contributed by atoms with Crippen molar-refractivity contribution >= 4 is 34.4 Å². The van der Waals surface area contributed by atoms with Gasteiger partial charge in [-0.1, -0.05) is 0 Å². The second-order valence-electron chi connectivity index (χ2n) is 10.8. The summed E-state index contributed by atoms with van der Waals surface area (Å²) in [5.41, 5.74) is 4.69. The van der Waals surface area contributed by atoms with Gasteiger partial charge in [0.25, 0.3) is 0 Å². The topological polar surface area (TPSA) is 112 Å². The third kappa shape index (κ3) is 4.56. The highest BCUT2D eigenvalue weighted by molar-refractivity contribution is 5.86. The Bertz CT molecular complexity index is 1560. The number of nitrogens with zero attached hydrogens (tertiary/aromatic N) is 7. The van der Waals surface area contributed by atoms with E-state index in [9.17, 15) is 4.79 Å². The standard InChI is InChI=1S/C28H31FN8O2/c1-17-12-18(13-21-25(17)33-23-6-7-28(2,3)37(21)23)26-20(29)15-31-27(34-26)32-22-5-4-19(14-30-22)35-8-10-36(11-9-35)24(39)16-38/h4-5,12-15,38H,6-11,16H2,1-3H3,(H,30,31,32,34). The number of aliphatic hydroxyl groups excluding tert-OH is 1. The fourth-order valence-corrected chi connectivity index (χ4v) is 5.61. The zero-order valence-corrected chi connectivity index (χ0v) is 22.3. The van der Waals surface area contributed by atoms with E-state index in [1.165, 1.54) is 6.20 Å². The van der Waals surface area contributed by atoms with Crippen molar-refractivity contribution < 1.29 is 14.3 Å². The van der Waals surface area contributed by atoms with Crippen LogP contribution in [0.1, 0.15) is 31.7 Å². The van der Waals surface area contributed by atoms with Crippen LogP contribution in [0.2, 0.25) is 0 Å². The van der Waals surface area contributed by atoms with Crippen LogP contribution in [0.4, 0.5) is 21.8 Å². The van der Waals surface area contributed by atoms with E-state index >= 15 is 4.39 Å². The molecule has 2 aliphatic heterocycles. The second kappa shape index (κ2) is 9.57. The lowest BCUT2D eigenvalue weighted by molar-refractivity contribution is -0.134. The molecule has 5 heterocycles. The molecule has 4 aromatic rings. The minimum absolute atomic E-state index is 0.0473. The van der Waals surface area contributed by atoms with Crippen molar-refractivity contribution in [1.29, 1.82) is 0 Å². The van der Waals surface area contributed by atoms with Crippen molar-refractivity contribution in [2.75, 3.05) is 43.0 Å². The van der Waals surface area contributed by atoms with E-state index in [4.69, 9.17) is 10.1 Å². The van der Waals surface area contributed by atoms with Crippen molar-refractivity contribution in [2.45, 2.75) is 39.2 Å². The molecule has 2 aliphatic rings. The van der Waals surface area contributed by atoms with Crippen LogP contribution in [0.15, 0.2) is 36.7 Å². The lowest BCUT2D eigenvalue weighted by Crippen LogP contribution is -2.49. The summed E-state index contributed by atoms with van der Waals surface area (Å²) in [7, 11) is 0. The van der Waals surface area contributed by atoms with E-state index < -0.39 is 12.4 Å². The van der Waals surface area contributed by atoms with Gasteiger partial charge in [0.05, 0.1) is 29.1 Å². The van der Waals surface area contributed by atoms with Crippen LogP contribution in [0.3, 0.4) is 0 Å². The van der Waals surface area contributed by atoms with Gasteiger partial charge in [0.2, 0.25) is 11.9 Å². The Balaban J connectivity index is 1.23. The molecule has 6 rings (SSSR count). The molecule has 10 nitrogen and oxygen atoms in total. The summed E-state index contributed by atoms with van der Waals surface area (Å²) in [5, 5.41) is 12.1. The Labute approximate surface area is 225 Å². The molecule has 1 fully saturated rings. The van der Waals surface area contributed by atoms with Gasteiger partial charge in [-0.15, -0.1) is 0 Å². The number of hydrogen-bond acceptors (Lipinski definition) is 8. The number of imidazole rings is 1. The lowest BCUT2D eigenvalue weighted by atomic mass is 10.0. The number of fused-ring (bicyclic) bond motifs is 3. The number of aliphatic hydroxyl groups is 1. The molecule has 1 saturated heterocycles. The van der Waals surface area contributed by atoms with Gasteiger partial charge >= 0.3 is 0 Å². The zero-order chi connectivity index (χ0) is 27.3. The van der Waals surface area contributed by atoms with E-state index in [1.807, 2.05) is 31.2 Å². The summed E-state index contributed by atoms with van der Waals surface area (Å²) < 4.78 is 17.3. The molecule has 0 unspecified atom stereocenters. The molecule has 0 radical (unpaired) electrons. The van der Waals surface area contributed by atoms with Gasteiger partial charge in [0.1, 0.15) is 23.9 Å². The Morgan fingerprint density at radius 3 is 2.62 bits per heavy atom. The number of carbonyl (C=O) groups is 1. The molecular weight excluding hydrogens is 499 g/mol. The highest BCUT2D eigenvalue weighted by Gasteiger charge is 2.32. The molecule has 0 atom stereocenters. The second-order valence-corrected chi connectivity index (χ2v) is 10.8. The molecule has 1 aromatic carbocycles. The first-order valence-electron chi connectivity index (χ1n) is 13.2. The molecule has 11 heteroatoms. The maximum absolute atomic E-state index is 15.0. The van der Waals surface area contributed by atoms with E-state index in [0.717, 1.165) is 41.0 Å². The Morgan fingerprint density at radius 2 is 1.90 bits per heavy atom. The van der Waals surface area contributed by atoms with Gasteiger partial charge in [-0.05, 0) is 57.0 Å². The summed E-state index contributed by atoms with van der Waals surface area (Å²) >= 11 is 0. The molecule has 39 heavy (non-hydrogen) atoms. The molecule has 3 aromatic heterocycles. The minimum atomic E-state index is -0.498. The van der Waals surface area contributed by atoms with Gasteiger partial charge in [-0.3, -0.25) is 4.79 Å². The van der Waals surface area contributed by atoms with Gasteiger partial charge in [0, 0.05) is 43.7 Å². The average molecular weight is 531 g/mol. The predicted octanol–water partition coefficient (Wildman–Crippen LogP) is 3.40. The minimum Gasteiger partial charge on any atom is -0.387 e. The van der Waals surface area contributed by atoms with Crippen LogP contribution in [-0.2, 0) is 16.8 Å². The van der Waals surface area contributed by atoms with Crippen molar-refractivity contribution in [2.24, 2.45) is 0 Å². The molecule has 0 bridgehead atoms. The molecule has 0 aliphatic carbocycles. The molecule has 202 valence electrons. The maximum atomic E-state index is 15.0. The van der Waals surface area contributed by atoms with Gasteiger partial charge < -0.3 is 24.8 Å². The van der Waals surface area contributed by atoms with Crippen LogP contribution in [-0.4, -0.2) is 73.2 Å². The normalized spacial score (nSPS) is 16.5. The van der Waals surface area contributed by atoms with Crippen LogP contribution in [0.25, 0.3) is 22.3 Å². The number of aromatic nitrogens is 5. The van der Waals surface area contributed by atoms with Gasteiger partial charge in [-0.25, -0.2) is 24.3 Å². The Morgan fingerprint density at radius 1 is 1.10 bits per heavy atom. The van der Waals surface area contributed by atoms with Crippen molar-refractivity contribution in [3.8, 4) is 11.3 Å². The van der Waals surface area contributed by atoms with E-state index in [-0.39, 0.29) is 23.1 Å². The molecule has 1 amide bonds. The lowest BCUT2D eigenvalue weighted by Gasteiger charge is -2.35. The number of amides is 1. The van der Waals surface area contributed by atoms with Gasteiger partial charge in [-0.2, -0.15) is 0 Å². The number of carbonyl (C=O) groups excluding carboxylic acids is 1. The van der Waals surface area contributed by atoms with Crippen LogP contribution >= 0.6 is 0 Å². The molecule has 0 saturated carbocycles. The van der Waals surface area contributed by atoms with E-state index in [0.29, 0.717) is 37.6 Å². The number of anilines is 3. The van der Waals surface area contributed by atoms with Gasteiger partial charge in [0.15, 0.2) is 5.82 Å². The largest absolute Gasteiger partial charge is 0.387 e. The number of hydrogen-bond donors (Lipinski definition) is 2. The summed E-state index contributed by atoms with van der Waals surface area (Å²) in [6.45, 7) is 8.36. The van der Waals surface area contributed by atoms with Crippen LogP contribution in [0.5, 0.6) is 0 Å². The fraction of sp³-hybridized carbons (Fsp3) is 0.393. The number of piperazine rings is 1. The van der Waals surface area contributed by atoms with Crippen LogP contribution < -0.4 is 10.2 Å². The number of rotatable bonds is 5. The summed E-state index contributed by atoms with van der Waals surface area (Å²) in [6, 6.07) is 7.65. The van der Waals surface area contributed by atoms with Crippen molar-refractivity contribution in [3.63, 3.8) is 0 Å². The summed E-state index contributed by atoms with van der Waals surface area (Å²) in [4.78, 5) is 33.5. The van der Waals surface area contributed by atoms with Crippen LogP contribution in [0, 0.1) is 12.7 Å². The number of halogens is 1. The zero-order valence-electron chi connectivity index (χ0n) is 22.3. The van der Waals surface area contributed by atoms with Crippen molar-refractivity contribution in [1.82, 2.24) is 29.4 Å². The number of nitrogens with one attached hydrogen (secondary N) is 1. The summed E-state index contributed by atoms with van der Waals surface area (Å²) in [6.07, 6.45) is 4.87. The molecular formula is C28H31FN8O2. The Hall–Kier alpha value is -4.12.